The van der Waals surface area contributed by atoms with Crippen LogP contribution in [0.5, 0.6) is 0 Å². The monoisotopic (exact) mass is 699 g/mol. The van der Waals surface area contributed by atoms with Crippen molar-refractivity contribution in [1.29, 1.82) is 0 Å². The molecule has 0 bridgehead atoms. The predicted octanol–water partition coefficient (Wildman–Crippen LogP) is -13.8. The molecular formula is C10H21N5Na4O17P4. The zero-order chi connectivity index (χ0) is 27.3. The van der Waals surface area contributed by atoms with Gasteiger partial charge in [-0.1, -0.05) is 0 Å². The van der Waals surface area contributed by atoms with Crippen LogP contribution >= 0.6 is 31.3 Å². The molecule has 0 aliphatic carbocycles. The number of rotatable bonds is 10. The van der Waals surface area contributed by atoms with Gasteiger partial charge in [0.15, 0.2) is 17.4 Å². The van der Waals surface area contributed by atoms with Gasteiger partial charge in [0.05, 0.1) is 12.9 Å². The van der Waals surface area contributed by atoms with Gasteiger partial charge in [-0.3, -0.25) is 18.9 Å². The molecule has 30 heteroatoms. The number of H-pyrrole nitrogens is 1. The molecule has 1 fully saturated rings. The third-order valence-electron chi connectivity index (χ3n) is 4.09. The number of fused-ring (bicyclic) bond motifs is 1. The summed E-state index contributed by atoms with van der Waals surface area (Å²) >= 11 is 0. The zero-order valence-corrected chi connectivity index (χ0v) is 32.6. The molecule has 40 heavy (non-hydrogen) atoms. The van der Waals surface area contributed by atoms with Crippen LogP contribution in [0.15, 0.2) is 11.1 Å². The summed E-state index contributed by atoms with van der Waals surface area (Å²) in [6, 6.07) is 0. The number of nitrogens with one attached hydrogen (secondary N) is 1. The van der Waals surface area contributed by atoms with Crippen LogP contribution in [-0.4, -0.2) is 79.1 Å². The number of aliphatic hydroxyl groups is 2. The van der Waals surface area contributed by atoms with E-state index in [0.29, 0.717) is 0 Å². The molecule has 1 aliphatic rings. The Balaban J connectivity index is -0.000000451. The Morgan fingerprint density at radius 1 is 0.950 bits per heavy atom. The summed E-state index contributed by atoms with van der Waals surface area (Å²) in [4.78, 5) is 66.6. The molecule has 2 aromatic rings. The number of aromatic amines is 1. The first-order valence-corrected chi connectivity index (χ1v) is 14.9. The maximum Gasteiger partial charge on any atom is 1.00 e. The second-order valence-corrected chi connectivity index (χ2v) is 12.8. The van der Waals surface area contributed by atoms with Crippen molar-refractivity contribution in [3.63, 3.8) is 0 Å². The van der Waals surface area contributed by atoms with Crippen molar-refractivity contribution in [3.05, 3.63) is 16.7 Å². The molecule has 10 N–H and O–H groups in total. The minimum absolute atomic E-state index is 0. The molecule has 3 heterocycles. The molecule has 7 atom stereocenters. The van der Waals surface area contributed by atoms with Crippen molar-refractivity contribution in [1.82, 2.24) is 19.5 Å². The molecule has 0 amide bonds. The molecule has 1 saturated heterocycles. The fourth-order valence-electron chi connectivity index (χ4n) is 2.84. The number of anilines is 1. The topological polar surface area (TPSA) is 346 Å². The summed E-state index contributed by atoms with van der Waals surface area (Å²) in [5.41, 5.74) is 4.38. The van der Waals surface area contributed by atoms with Crippen LogP contribution in [0.2, 0.25) is 0 Å². The van der Waals surface area contributed by atoms with E-state index >= 15 is 0 Å². The molecule has 0 aromatic carbocycles. The average molecular weight is 699 g/mol. The zero-order valence-electron chi connectivity index (χ0n) is 25.0. The van der Waals surface area contributed by atoms with E-state index in [9.17, 15) is 43.1 Å². The van der Waals surface area contributed by atoms with Gasteiger partial charge in [-0.25, -0.2) is 23.2 Å². The molecule has 22 nitrogen and oxygen atoms in total. The third-order valence-corrected chi connectivity index (χ3v) is 9.54. The summed E-state index contributed by atoms with van der Waals surface area (Å²) in [6.07, 6.45) is -5.66. The number of nitrogen functional groups attached to an aromatic ring is 1. The van der Waals surface area contributed by atoms with Crippen LogP contribution in [0.3, 0.4) is 0 Å². The molecule has 1 aliphatic heterocycles. The minimum Gasteiger partial charge on any atom is -1.00 e. The third kappa shape index (κ3) is 12.4. The van der Waals surface area contributed by atoms with E-state index in [0.717, 1.165) is 10.9 Å². The Morgan fingerprint density at radius 2 is 1.48 bits per heavy atom. The van der Waals surface area contributed by atoms with Crippen LogP contribution in [-0.2, 0) is 40.5 Å². The smallest absolute Gasteiger partial charge is 1.00 e. The van der Waals surface area contributed by atoms with Gasteiger partial charge in [0.25, 0.3) is 5.56 Å². The van der Waals surface area contributed by atoms with Crippen LogP contribution in [0.4, 0.5) is 5.95 Å². The van der Waals surface area contributed by atoms with Crippen LogP contribution in [0, 0.1) is 0 Å². The molecule has 0 saturated carbocycles. The van der Waals surface area contributed by atoms with E-state index in [2.05, 4.69) is 32.4 Å². The molecule has 3 rings (SSSR count). The van der Waals surface area contributed by atoms with Crippen molar-refractivity contribution < 1.29 is 199 Å². The molecule has 3 unspecified atom stereocenters. The van der Waals surface area contributed by atoms with Crippen LogP contribution < -0.4 is 130 Å². The van der Waals surface area contributed by atoms with Crippen molar-refractivity contribution >= 4 is 48.4 Å². The predicted molar refractivity (Wildman–Crippen MR) is 114 cm³/mol. The van der Waals surface area contributed by atoms with Crippen LogP contribution in [0.1, 0.15) is 11.9 Å². The second kappa shape index (κ2) is 16.9. The van der Waals surface area contributed by atoms with Gasteiger partial charge < -0.3 is 50.9 Å². The van der Waals surface area contributed by atoms with Crippen molar-refractivity contribution in [2.24, 2.45) is 0 Å². The summed E-state index contributed by atoms with van der Waals surface area (Å²) in [6.45, 7) is -1.11. The SMILES string of the molecule is Nc1nc2c(ncn2[C@@H]2O[C@H](COP(=O)(O)OP(=O)(O)OP(=O)(O)OP(=O)(O)O)[C@@H](O)[C@H]2O)c(=O)[nH]1.[H-].[H-].[H-].[H-].[Na+].[Na+].[Na+].[Na+]. The number of hydrogen-bond acceptors (Lipinski definition) is 15. The molecular weight excluding hydrogens is 678 g/mol. The molecule has 212 valence electrons. The average Bonchev–Trinajstić information content (AvgIpc) is 3.18. The van der Waals surface area contributed by atoms with Gasteiger partial charge in [-0.15, -0.1) is 0 Å². The normalized spacial score (nSPS) is 25.2. The minimum atomic E-state index is -6.04. The number of nitrogens with two attached hydrogens (primary N) is 1. The summed E-state index contributed by atoms with van der Waals surface area (Å²) in [5.74, 6) is -0.310. The van der Waals surface area contributed by atoms with E-state index < -0.39 is 68.0 Å². The van der Waals surface area contributed by atoms with Crippen molar-refractivity contribution in [3.8, 4) is 0 Å². The number of aromatic nitrogens is 4. The number of imidazole rings is 1. The van der Waals surface area contributed by atoms with Gasteiger partial charge in [0.2, 0.25) is 5.95 Å². The van der Waals surface area contributed by atoms with Gasteiger partial charge >= 0.3 is 150 Å². The number of phosphoric ester groups is 1. The van der Waals surface area contributed by atoms with E-state index in [1.165, 1.54) is 0 Å². The quantitative estimate of drug-likeness (QED) is 0.0821. The number of hydrogen-bond donors (Lipinski definition) is 9. The number of phosphoric acid groups is 4. The van der Waals surface area contributed by atoms with E-state index in [1.807, 2.05) is 0 Å². The molecule has 2 aromatic heterocycles. The Kier molecular flexibility index (Phi) is 18.9. The maximum atomic E-state index is 12.0. The standard InChI is InChI=1S/C10H17N5O17P4.4Na.4H/c11-10-13-7-4(8(18)14-10)12-2-15(7)9-6(17)5(16)3(29-9)1-28-34(22,23)31-36(26,27)32-35(24,25)30-33(19,20)21;;;;;;;;/h2-3,5-6,9,16-17H,1H2,(H,22,23)(H,24,25)(H,26,27)(H2,19,20,21)(H3,11,13,14,18);;;;;;;;/q;4*+1;4*-1/t3-,5-,6-,9-;;;;;;;;/m1......../s1. The van der Waals surface area contributed by atoms with Crippen LogP contribution in [0.25, 0.3) is 11.2 Å². The molecule has 0 spiro atoms. The fourth-order valence-corrected chi connectivity index (χ4v) is 7.30. The number of aliphatic hydroxyl groups excluding tert-OH is 2. The second-order valence-electron chi connectivity index (χ2n) is 6.76. The Hall–Kier alpha value is 2.59. The summed E-state index contributed by atoms with van der Waals surface area (Å²) < 4.78 is 66.7. The van der Waals surface area contributed by atoms with Gasteiger partial charge in [0, 0.05) is 0 Å². The maximum absolute atomic E-state index is 12.0. The van der Waals surface area contributed by atoms with E-state index in [4.69, 9.17) is 25.2 Å². The Morgan fingerprint density at radius 3 is 2.02 bits per heavy atom. The summed E-state index contributed by atoms with van der Waals surface area (Å²) in [7, 11) is -23.4. The van der Waals surface area contributed by atoms with Gasteiger partial charge in [0.1, 0.15) is 18.3 Å². The van der Waals surface area contributed by atoms with Crippen molar-refractivity contribution in [2.45, 2.75) is 24.5 Å². The van der Waals surface area contributed by atoms with E-state index in [-0.39, 0.29) is 141 Å². The van der Waals surface area contributed by atoms with E-state index in [1.54, 1.807) is 0 Å². The fraction of sp³-hybridized carbons (Fsp3) is 0.500. The first kappa shape index (κ1) is 44.7. The molecule has 0 radical (unpaired) electrons. The largest absolute Gasteiger partial charge is 1.00 e. The first-order valence-electron chi connectivity index (χ1n) is 8.85. The number of nitrogens with zero attached hydrogens (tertiary/aromatic N) is 3. The van der Waals surface area contributed by atoms with Crippen molar-refractivity contribution in [2.75, 3.05) is 12.3 Å². The summed E-state index contributed by atoms with van der Waals surface area (Å²) in [5, 5.41) is 20.5. The number of ether oxygens (including phenoxy) is 1. The van der Waals surface area contributed by atoms with Gasteiger partial charge in [-0.05, 0) is 0 Å². The van der Waals surface area contributed by atoms with Gasteiger partial charge in [-0.2, -0.15) is 17.9 Å². The Labute approximate surface area is 316 Å². The first-order chi connectivity index (χ1) is 16.3. The Bertz CT molecular complexity index is 1420.